The Morgan fingerprint density at radius 2 is 2.11 bits per heavy atom. The normalized spacial score (nSPS) is 35.1. The Morgan fingerprint density at radius 3 is 2.63 bits per heavy atom. The van der Waals surface area contributed by atoms with E-state index in [0.29, 0.717) is 12.1 Å². The summed E-state index contributed by atoms with van der Waals surface area (Å²) in [5.74, 6) is 0.240. The van der Waals surface area contributed by atoms with E-state index in [1.165, 1.54) is 0 Å². The second kappa shape index (κ2) is 7.67. The lowest BCUT2D eigenvalue weighted by Gasteiger charge is -2.36. The van der Waals surface area contributed by atoms with Crippen LogP contribution in [0.2, 0.25) is 0 Å². The van der Waals surface area contributed by atoms with Gasteiger partial charge in [0.05, 0.1) is 5.41 Å². The van der Waals surface area contributed by atoms with Gasteiger partial charge in [0.25, 0.3) is 0 Å². The standard InChI is InChI=1S/C13H25N3O.2ClH/c1-10-8-11(4-7-16(10)3)15-12(17)13(2)5-6-14-9-13;;/h10-11,14H,4-9H2,1-3H3,(H,15,17);2*1H. The number of hydrogen-bond donors (Lipinski definition) is 2. The number of halogens is 2. The highest BCUT2D eigenvalue weighted by atomic mass is 35.5. The highest BCUT2D eigenvalue weighted by Crippen LogP contribution is 2.25. The Bertz CT molecular complexity index is 296. The van der Waals surface area contributed by atoms with E-state index < -0.39 is 0 Å². The van der Waals surface area contributed by atoms with Crippen LogP contribution in [-0.2, 0) is 4.79 Å². The van der Waals surface area contributed by atoms with E-state index in [-0.39, 0.29) is 36.1 Å². The van der Waals surface area contributed by atoms with Gasteiger partial charge in [-0.1, -0.05) is 0 Å². The number of nitrogens with zero attached hydrogens (tertiary/aromatic N) is 1. The van der Waals surface area contributed by atoms with Crippen LogP contribution in [0.3, 0.4) is 0 Å². The van der Waals surface area contributed by atoms with Crippen molar-refractivity contribution in [1.29, 1.82) is 0 Å². The number of carbonyl (C=O) groups excluding carboxylic acids is 1. The Balaban J connectivity index is 0.00000162. The van der Waals surface area contributed by atoms with Crippen molar-refractivity contribution >= 4 is 30.7 Å². The van der Waals surface area contributed by atoms with Gasteiger partial charge < -0.3 is 15.5 Å². The first-order valence-electron chi connectivity index (χ1n) is 6.73. The number of carbonyl (C=O) groups is 1. The molecule has 0 aromatic carbocycles. The molecule has 0 aromatic heterocycles. The lowest BCUT2D eigenvalue weighted by atomic mass is 9.87. The first kappa shape index (κ1) is 19.0. The lowest BCUT2D eigenvalue weighted by Crippen LogP contribution is -2.51. The van der Waals surface area contributed by atoms with Crippen LogP contribution in [0.25, 0.3) is 0 Å². The van der Waals surface area contributed by atoms with E-state index >= 15 is 0 Å². The van der Waals surface area contributed by atoms with E-state index in [4.69, 9.17) is 0 Å². The molecule has 2 aliphatic rings. The van der Waals surface area contributed by atoms with Crippen molar-refractivity contribution in [3.8, 4) is 0 Å². The molecule has 3 atom stereocenters. The minimum atomic E-state index is -0.188. The van der Waals surface area contributed by atoms with Crippen molar-refractivity contribution in [2.24, 2.45) is 5.41 Å². The summed E-state index contributed by atoms with van der Waals surface area (Å²) in [5.41, 5.74) is -0.188. The Kier molecular flexibility index (Phi) is 7.66. The van der Waals surface area contributed by atoms with Crippen molar-refractivity contribution in [3.63, 3.8) is 0 Å². The number of amides is 1. The zero-order chi connectivity index (χ0) is 12.5. The first-order chi connectivity index (χ1) is 8.01. The van der Waals surface area contributed by atoms with Crippen LogP contribution in [0.5, 0.6) is 0 Å². The quantitative estimate of drug-likeness (QED) is 0.811. The van der Waals surface area contributed by atoms with Gasteiger partial charge in [0.1, 0.15) is 0 Å². The molecule has 2 rings (SSSR count). The SMILES string of the molecule is CC1CC(NC(=O)C2(C)CCNC2)CCN1C.Cl.Cl. The largest absolute Gasteiger partial charge is 0.353 e. The average Bonchev–Trinajstić information content (AvgIpc) is 2.72. The van der Waals surface area contributed by atoms with Crippen LogP contribution in [0.1, 0.15) is 33.1 Å². The average molecular weight is 312 g/mol. The summed E-state index contributed by atoms with van der Waals surface area (Å²) in [6, 6.07) is 0.940. The minimum Gasteiger partial charge on any atom is -0.353 e. The molecule has 0 saturated carbocycles. The Morgan fingerprint density at radius 1 is 1.42 bits per heavy atom. The van der Waals surface area contributed by atoms with Gasteiger partial charge in [-0.05, 0) is 46.7 Å². The molecule has 1 amide bonds. The van der Waals surface area contributed by atoms with Crippen molar-refractivity contribution in [2.75, 3.05) is 26.7 Å². The zero-order valence-corrected chi connectivity index (χ0v) is 13.7. The third-order valence-corrected chi connectivity index (χ3v) is 4.46. The van der Waals surface area contributed by atoms with Gasteiger partial charge in [-0.15, -0.1) is 24.8 Å². The second-order valence-corrected chi connectivity index (χ2v) is 6.01. The summed E-state index contributed by atoms with van der Waals surface area (Å²) in [7, 11) is 2.16. The monoisotopic (exact) mass is 311 g/mol. The van der Waals surface area contributed by atoms with Crippen molar-refractivity contribution in [2.45, 2.75) is 45.2 Å². The topological polar surface area (TPSA) is 44.4 Å². The molecule has 2 fully saturated rings. The number of rotatable bonds is 2. The molecule has 19 heavy (non-hydrogen) atoms. The van der Waals surface area contributed by atoms with Crippen LogP contribution in [0, 0.1) is 5.41 Å². The Labute approximate surface area is 128 Å². The van der Waals surface area contributed by atoms with E-state index in [1.54, 1.807) is 0 Å². The number of likely N-dealkylation sites (tertiary alicyclic amines) is 1. The molecule has 3 unspecified atom stereocenters. The first-order valence-corrected chi connectivity index (χ1v) is 6.73. The summed E-state index contributed by atoms with van der Waals surface area (Å²) in [5, 5.41) is 6.52. The molecular weight excluding hydrogens is 285 g/mol. The smallest absolute Gasteiger partial charge is 0.227 e. The summed E-state index contributed by atoms with van der Waals surface area (Å²) in [6.07, 6.45) is 3.11. The van der Waals surface area contributed by atoms with E-state index in [2.05, 4.69) is 36.4 Å². The molecule has 2 saturated heterocycles. The molecule has 2 N–H and O–H groups in total. The predicted octanol–water partition coefficient (Wildman–Crippen LogP) is 1.43. The highest BCUT2D eigenvalue weighted by molar-refractivity contribution is 5.85. The second-order valence-electron chi connectivity index (χ2n) is 6.01. The van der Waals surface area contributed by atoms with E-state index in [1.807, 2.05) is 0 Å². The molecule has 4 nitrogen and oxygen atoms in total. The van der Waals surface area contributed by atoms with Gasteiger partial charge in [-0.2, -0.15) is 0 Å². The number of hydrogen-bond acceptors (Lipinski definition) is 3. The minimum absolute atomic E-state index is 0. The lowest BCUT2D eigenvalue weighted by molar-refractivity contribution is -0.130. The number of nitrogens with one attached hydrogen (secondary N) is 2. The van der Waals surface area contributed by atoms with Gasteiger partial charge in [0.2, 0.25) is 5.91 Å². The highest BCUT2D eigenvalue weighted by Gasteiger charge is 2.37. The van der Waals surface area contributed by atoms with Gasteiger partial charge in [0, 0.05) is 25.2 Å². The molecule has 0 radical (unpaired) electrons. The molecule has 6 heteroatoms. The van der Waals surface area contributed by atoms with E-state index in [0.717, 1.165) is 38.9 Å². The van der Waals surface area contributed by atoms with Crippen LogP contribution < -0.4 is 10.6 Å². The molecule has 0 bridgehead atoms. The molecule has 0 aliphatic carbocycles. The third kappa shape index (κ3) is 4.48. The van der Waals surface area contributed by atoms with Gasteiger partial charge in [-0.25, -0.2) is 0 Å². The predicted molar refractivity (Wildman–Crippen MR) is 83.3 cm³/mol. The van der Waals surface area contributed by atoms with Crippen LogP contribution >= 0.6 is 24.8 Å². The van der Waals surface area contributed by atoms with Crippen LogP contribution in [0.15, 0.2) is 0 Å². The van der Waals surface area contributed by atoms with Gasteiger partial charge in [0.15, 0.2) is 0 Å². The fourth-order valence-corrected chi connectivity index (χ4v) is 2.79. The Hall–Kier alpha value is -0.0300. The molecule has 0 aromatic rings. The van der Waals surface area contributed by atoms with Crippen LogP contribution in [0.4, 0.5) is 0 Å². The fourth-order valence-electron chi connectivity index (χ4n) is 2.79. The van der Waals surface area contributed by atoms with Crippen molar-refractivity contribution in [3.05, 3.63) is 0 Å². The molecular formula is C13H27Cl2N3O. The summed E-state index contributed by atoms with van der Waals surface area (Å²) >= 11 is 0. The summed E-state index contributed by atoms with van der Waals surface area (Å²) in [4.78, 5) is 14.6. The maximum Gasteiger partial charge on any atom is 0.227 e. The van der Waals surface area contributed by atoms with Crippen molar-refractivity contribution in [1.82, 2.24) is 15.5 Å². The van der Waals surface area contributed by atoms with Crippen molar-refractivity contribution < 1.29 is 4.79 Å². The summed E-state index contributed by atoms with van der Waals surface area (Å²) < 4.78 is 0. The van der Waals surface area contributed by atoms with Crippen LogP contribution in [-0.4, -0.2) is 49.6 Å². The van der Waals surface area contributed by atoms with Gasteiger partial charge in [-0.3, -0.25) is 4.79 Å². The maximum atomic E-state index is 12.3. The number of piperidine rings is 1. The molecule has 0 spiro atoms. The zero-order valence-electron chi connectivity index (χ0n) is 12.1. The molecule has 2 heterocycles. The summed E-state index contributed by atoms with van der Waals surface area (Å²) in [6.45, 7) is 7.17. The van der Waals surface area contributed by atoms with Gasteiger partial charge >= 0.3 is 0 Å². The molecule has 2 aliphatic heterocycles. The maximum absolute atomic E-state index is 12.3. The third-order valence-electron chi connectivity index (χ3n) is 4.46. The fraction of sp³-hybridized carbons (Fsp3) is 0.923. The van der Waals surface area contributed by atoms with E-state index in [9.17, 15) is 4.79 Å². The molecule has 114 valence electrons.